The molecule has 0 bridgehead atoms. The molecule has 0 fully saturated rings. The van der Waals surface area contributed by atoms with Crippen LogP contribution < -0.4 is 4.90 Å². The lowest BCUT2D eigenvalue weighted by Gasteiger charge is -2.21. The van der Waals surface area contributed by atoms with E-state index in [2.05, 4.69) is 19.1 Å². The van der Waals surface area contributed by atoms with Crippen molar-refractivity contribution in [1.82, 2.24) is 0 Å². The second kappa shape index (κ2) is 4.83. The standard InChI is InChI=1S/C15H15NO/c1-12-6-5-8-14(10-12)16(2)15-9-4-3-7-13(15)11-17/h3-11H,1-2H3. The van der Waals surface area contributed by atoms with E-state index in [-0.39, 0.29) is 0 Å². The van der Waals surface area contributed by atoms with Gasteiger partial charge in [-0.15, -0.1) is 0 Å². The van der Waals surface area contributed by atoms with E-state index in [9.17, 15) is 4.79 Å². The Bertz CT molecular complexity index is 534. The lowest BCUT2D eigenvalue weighted by atomic mass is 10.1. The third-order valence-electron chi connectivity index (χ3n) is 2.81. The molecule has 0 radical (unpaired) electrons. The van der Waals surface area contributed by atoms with E-state index in [1.807, 2.05) is 48.3 Å². The zero-order chi connectivity index (χ0) is 12.3. The van der Waals surface area contributed by atoms with Crippen LogP contribution in [0.5, 0.6) is 0 Å². The molecule has 0 aromatic heterocycles. The number of aldehydes is 1. The van der Waals surface area contributed by atoms with Gasteiger partial charge in [-0.05, 0) is 36.8 Å². The van der Waals surface area contributed by atoms with Crippen molar-refractivity contribution in [3.8, 4) is 0 Å². The van der Waals surface area contributed by atoms with Gasteiger partial charge in [0.05, 0.1) is 5.69 Å². The minimum absolute atomic E-state index is 0.705. The van der Waals surface area contributed by atoms with Crippen molar-refractivity contribution >= 4 is 17.7 Å². The van der Waals surface area contributed by atoms with Gasteiger partial charge in [-0.3, -0.25) is 4.79 Å². The third kappa shape index (κ3) is 2.36. The van der Waals surface area contributed by atoms with E-state index in [1.54, 1.807) is 0 Å². The quantitative estimate of drug-likeness (QED) is 0.744. The van der Waals surface area contributed by atoms with Crippen molar-refractivity contribution in [2.75, 3.05) is 11.9 Å². The summed E-state index contributed by atoms with van der Waals surface area (Å²) in [7, 11) is 1.97. The van der Waals surface area contributed by atoms with Crippen molar-refractivity contribution in [2.45, 2.75) is 6.92 Å². The van der Waals surface area contributed by atoms with Crippen LogP contribution in [-0.4, -0.2) is 13.3 Å². The van der Waals surface area contributed by atoms with Gasteiger partial charge >= 0.3 is 0 Å². The lowest BCUT2D eigenvalue weighted by Crippen LogP contribution is -2.11. The molecule has 86 valence electrons. The fourth-order valence-corrected chi connectivity index (χ4v) is 1.87. The van der Waals surface area contributed by atoms with Crippen LogP contribution in [0.15, 0.2) is 48.5 Å². The number of anilines is 2. The molecule has 2 heteroatoms. The Labute approximate surface area is 102 Å². The van der Waals surface area contributed by atoms with Gasteiger partial charge < -0.3 is 4.90 Å². The van der Waals surface area contributed by atoms with Crippen molar-refractivity contribution in [2.24, 2.45) is 0 Å². The van der Waals surface area contributed by atoms with Crippen LogP contribution in [0, 0.1) is 6.92 Å². The second-order valence-electron chi connectivity index (χ2n) is 4.07. The molecule has 0 aliphatic heterocycles. The largest absolute Gasteiger partial charge is 0.344 e. The number of nitrogens with zero attached hydrogens (tertiary/aromatic N) is 1. The van der Waals surface area contributed by atoms with E-state index < -0.39 is 0 Å². The average molecular weight is 225 g/mol. The second-order valence-corrected chi connectivity index (χ2v) is 4.07. The fourth-order valence-electron chi connectivity index (χ4n) is 1.87. The molecule has 2 rings (SSSR count). The number of aryl methyl sites for hydroxylation is 1. The molecule has 0 saturated heterocycles. The highest BCUT2D eigenvalue weighted by molar-refractivity contribution is 5.86. The first-order chi connectivity index (χ1) is 8.22. The van der Waals surface area contributed by atoms with Crippen LogP contribution in [-0.2, 0) is 0 Å². The number of carbonyl (C=O) groups is 1. The molecule has 0 aliphatic rings. The van der Waals surface area contributed by atoms with E-state index in [1.165, 1.54) is 5.56 Å². The number of para-hydroxylation sites is 1. The molecule has 2 aromatic rings. The average Bonchev–Trinajstić information content (AvgIpc) is 2.38. The number of hydrogen-bond acceptors (Lipinski definition) is 2. The highest BCUT2D eigenvalue weighted by Gasteiger charge is 2.07. The summed E-state index contributed by atoms with van der Waals surface area (Å²) < 4.78 is 0. The highest BCUT2D eigenvalue weighted by Crippen LogP contribution is 2.26. The normalized spacial score (nSPS) is 10.0. The van der Waals surface area contributed by atoms with Crippen molar-refractivity contribution < 1.29 is 4.79 Å². The number of carbonyl (C=O) groups excluding carboxylic acids is 1. The van der Waals surface area contributed by atoms with Crippen LogP contribution in [0.25, 0.3) is 0 Å². The van der Waals surface area contributed by atoms with Crippen LogP contribution in [0.1, 0.15) is 15.9 Å². The van der Waals surface area contributed by atoms with Crippen LogP contribution in [0.3, 0.4) is 0 Å². The molecule has 0 heterocycles. The SMILES string of the molecule is Cc1cccc(N(C)c2ccccc2C=O)c1. The topological polar surface area (TPSA) is 20.3 Å². The van der Waals surface area contributed by atoms with E-state index in [0.29, 0.717) is 5.56 Å². The zero-order valence-corrected chi connectivity index (χ0v) is 10.1. The number of benzene rings is 2. The van der Waals surface area contributed by atoms with Gasteiger partial charge in [0, 0.05) is 18.3 Å². The molecule has 2 aromatic carbocycles. The minimum Gasteiger partial charge on any atom is -0.344 e. The van der Waals surface area contributed by atoms with Crippen LogP contribution in [0.4, 0.5) is 11.4 Å². The molecule has 0 aliphatic carbocycles. The van der Waals surface area contributed by atoms with Gasteiger partial charge in [-0.1, -0.05) is 24.3 Å². The third-order valence-corrected chi connectivity index (χ3v) is 2.81. The van der Waals surface area contributed by atoms with E-state index in [4.69, 9.17) is 0 Å². The lowest BCUT2D eigenvalue weighted by molar-refractivity contribution is 0.112. The Hall–Kier alpha value is -2.09. The molecule has 0 N–H and O–H groups in total. The Morgan fingerprint density at radius 1 is 1.06 bits per heavy atom. The van der Waals surface area contributed by atoms with Crippen molar-refractivity contribution in [3.05, 3.63) is 59.7 Å². The predicted octanol–water partition coefficient (Wildman–Crippen LogP) is 3.58. The highest BCUT2D eigenvalue weighted by atomic mass is 16.1. The molecule has 0 atom stereocenters. The van der Waals surface area contributed by atoms with Crippen molar-refractivity contribution in [3.63, 3.8) is 0 Å². The first-order valence-electron chi connectivity index (χ1n) is 5.57. The van der Waals surface area contributed by atoms with E-state index in [0.717, 1.165) is 17.7 Å². The smallest absolute Gasteiger partial charge is 0.152 e. The molecule has 2 nitrogen and oxygen atoms in total. The zero-order valence-electron chi connectivity index (χ0n) is 10.1. The van der Waals surface area contributed by atoms with Gasteiger partial charge in [0.2, 0.25) is 0 Å². The summed E-state index contributed by atoms with van der Waals surface area (Å²) in [6.45, 7) is 2.06. The monoisotopic (exact) mass is 225 g/mol. The number of hydrogen-bond donors (Lipinski definition) is 0. The summed E-state index contributed by atoms with van der Waals surface area (Å²) in [5.41, 5.74) is 3.92. The molecule has 0 saturated carbocycles. The summed E-state index contributed by atoms with van der Waals surface area (Å²) >= 11 is 0. The Balaban J connectivity index is 2.43. The Kier molecular flexibility index (Phi) is 3.24. The number of rotatable bonds is 3. The summed E-state index contributed by atoms with van der Waals surface area (Å²) in [5.74, 6) is 0. The molecule has 17 heavy (non-hydrogen) atoms. The molecular formula is C15H15NO. The van der Waals surface area contributed by atoms with Crippen LogP contribution in [0.2, 0.25) is 0 Å². The van der Waals surface area contributed by atoms with Crippen molar-refractivity contribution in [1.29, 1.82) is 0 Å². The molecule has 0 spiro atoms. The maximum Gasteiger partial charge on any atom is 0.152 e. The summed E-state index contributed by atoms with van der Waals surface area (Å²) in [6.07, 6.45) is 0.891. The van der Waals surface area contributed by atoms with Gasteiger partial charge in [-0.2, -0.15) is 0 Å². The fraction of sp³-hybridized carbons (Fsp3) is 0.133. The van der Waals surface area contributed by atoms with E-state index >= 15 is 0 Å². The predicted molar refractivity (Wildman–Crippen MR) is 71.1 cm³/mol. The van der Waals surface area contributed by atoms with Gasteiger partial charge in [-0.25, -0.2) is 0 Å². The van der Waals surface area contributed by atoms with Gasteiger partial charge in [0.15, 0.2) is 6.29 Å². The molecule has 0 amide bonds. The maximum absolute atomic E-state index is 11.0. The summed E-state index contributed by atoms with van der Waals surface area (Å²) in [6, 6.07) is 15.8. The Morgan fingerprint density at radius 2 is 1.82 bits per heavy atom. The van der Waals surface area contributed by atoms with Crippen LogP contribution >= 0.6 is 0 Å². The van der Waals surface area contributed by atoms with Gasteiger partial charge in [0.25, 0.3) is 0 Å². The Morgan fingerprint density at radius 3 is 2.53 bits per heavy atom. The maximum atomic E-state index is 11.0. The first-order valence-corrected chi connectivity index (χ1v) is 5.57. The molecule has 0 unspecified atom stereocenters. The summed E-state index contributed by atoms with van der Waals surface area (Å²) in [5, 5.41) is 0. The van der Waals surface area contributed by atoms with Gasteiger partial charge in [0.1, 0.15) is 0 Å². The molecular weight excluding hydrogens is 210 g/mol. The first kappa shape index (κ1) is 11.4. The summed E-state index contributed by atoms with van der Waals surface area (Å²) in [4.78, 5) is 13.0. The minimum atomic E-state index is 0.705.